The maximum absolute atomic E-state index is 12.5. The Bertz CT molecular complexity index is 904. The summed E-state index contributed by atoms with van der Waals surface area (Å²) < 4.78 is 10.6. The Labute approximate surface area is 161 Å². The number of nitrogens with zero attached hydrogens (tertiary/aromatic N) is 1. The van der Waals surface area contributed by atoms with E-state index in [4.69, 9.17) is 15.2 Å². The Balaban J connectivity index is 2.50. The topological polar surface area (TPSA) is 85.3 Å². The van der Waals surface area contributed by atoms with Gasteiger partial charge in [0.1, 0.15) is 25.5 Å². The quantitative estimate of drug-likeness (QED) is 0.492. The van der Waals surface area contributed by atoms with Crippen molar-refractivity contribution < 1.29 is 14.3 Å². The molecule has 140 valence electrons. The Morgan fingerprint density at radius 2 is 1.93 bits per heavy atom. The van der Waals surface area contributed by atoms with Gasteiger partial charge in [-0.2, -0.15) is 5.26 Å². The van der Waals surface area contributed by atoms with E-state index in [9.17, 15) is 10.1 Å². The first-order valence-electron chi connectivity index (χ1n) is 8.76. The second kappa shape index (κ2) is 8.16. The van der Waals surface area contributed by atoms with Crippen molar-refractivity contribution >= 4 is 14.0 Å². The van der Waals surface area contributed by atoms with E-state index in [-0.39, 0.29) is 18.1 Å². The van der Waals surface area contributed by atoms with Crippen molar-refractivity contribution in [3.05, 3.63) is 58.2 Å². The lowest BCUT2D eigenvalue weighted by atomic mass is 9.83. The van der Waals surface area contributed by atoms with Crippen LogP contribution in [0.3, 0.4) is 0 Å². The summed E-state index contributed by atoms with van der Waals surface area (Å²) >= 11 is 0. The van der Waals surface area contributed by atoms with Crippen LogP contribution in [0, 0.1) is 22.8 Å². The van der Waals surface area contributed by atoms with Crippen molar-refractivity contribution in [3.63, 3.8) is 0 Å². The number of allylic oxidation sites excluding steroid dienone is 2. The summed E-state index contributed by atoms with van der Waals surface area (Å²) in [6.07, 6.45) is 0. The second-order valence-corrected chi connectivity index (χ2v) is 12.0. The zero-order chi connectivity index (χ0) is 20.2. The smallest absolute Gasteiger partial charge is 0.338 e. The predicted molar refractivity (Wildman–Crippen MR) is 107 cm³/mol. The third-order valence-corrected chi connectivity index (χ3v) is 4.80. The minimum Gasteiger partial charge on any atom is -0.463 e. The maximum atomic E-state index is 12.5. The highest BCUT2D eigenvalue weighted by Crippen LogP contribution is 2.39. The molecule has 5 nitrogen and oxygen atoms in total. The van der Waals surface area contributed by atoms with Crippen LogP contribution in [0.1, 0.15) is 30.9 Å². The number of carbonyl (C=O) groups is 1. The Hall–Kier alpha value is -2.96. The molecule has 1 aromatic carbocycles. The molecule has 1 unspecified atom stereocenters. The highest BCUT2D eigenvalue weighted by atomic mass is 28.3. The number of esters is 1. The first kappa shape index (κ1) is 20.4. The van der Waals surface area contributed by atoms with Crippen LogP contribution in [0.25, 0.3) is 0 Å². The second-order valence-electron chi connectivity index (χ2n) is 7.24. The molecule has 0 aromatic heterocycles. The Kier molecular flexibility index (Phi) is 6.15. The number of nitrogens with two attached hydrogens (primary N) is 1. The molecule has 2 rings (SSSR count). The zero-order valence-corrected chi connectivity index (χ0v) is 17.3. The number of ether oxygens (including phenoxy) is 2. The molecule has 1 heterocycles. The molecule has 0 saturated carbocycles. The Morgan fingerprint density at radius 3 is 2.44 bits per heavy atom. The fraction of sp³-hybridized carbons (Fsp3) is 0.333. The molecular weight excluding hydrogens is 356 g/mol. The van der Waals surface area contributed by atoms with E-state index in [1.54, 1.807) is 13.8 Å². The number of hydrogen-bond acceptors (Lipinski definition) is 5. The zero-order valence-electron chi connectivity index (χ0n) is 16.3. The number of rotatable bonds is 3. The van der Waals surface area contributed by atoms with Crippen molar-refractivity contribution in [1.29, 1.82) is 5.26 Å². The van der Waals surface area contributed by atoms with Crippen LogP contribution in [-0.4, -0.2) is 20.7 Å². The number of benzene rings is 1. The molecule has 1 aliphatic rings. The third-order valence-electron chi connectivity index (χ3n) is 3.93. The summed E-state index contributed by atoms with van der Waals surface area (Å²) in [5.74, 6) is 2.41. The van der Waals surface area contributed by atoms with Crippen LogP contribution in [-0.2, 0) is 14.3 Å². The van der Waals surface area contributed by atoms with E-state index in [1.165, 1.54) is 0 Å². The van der Waals surface area contributed by atoms with Gasteiger partial charge in [-0.05, 0) is 31.5 Å². The molecule has 2 N–H and O–H groups in total. The summed E-state index contributed by atoms with van der Waals surface area (Å²) in [7, 11) is -1.47. The highest BCUT2D eigenvalue weighted by molar-refractivity contribution is 6.83. The molecule has 27 heavy (non-hydrogen) atoms. The lowest BCUT2D eigenvalue weighted by Gasteiger charge is -2.26. The fourth-order valence-corrected chi connectivity index (χ4v) is 3.23. The van der Waals surface area contributed by atoms with Crippen LogP contribution in [0.2, 0.25) is 19.6 Å². The number of nitriles is 1. The maximum Gasteiger partial charge on any atom is 0.338 e. The monoisotopic (exact) mass is 380 g/mol. The van der Waals surface area contributed by atoms with Gasteiger partial charge in [-0.25, -0.2) is 4.79 Å². The largest absolute Gasteiger partial charge is 0.463 e. The van der Waals surface area contributed by atoms with Gasteiger partial charge in [0.15, 0.2) is 0 Å². The lowest BCUT2D eigenvalue weighted by Crippen LogP contribution is -2.25. The molecule has 0 aliphatic carbocycles. The molecular formula is C21H24N2O3Si. The van der Waals surface area contributed by atoms with Gasteiger partial charge in [0.2, 0.25) is 5.88 Å². The predicted octanol–water partition coefficient (Wildman–Crippen LogP) is 3.56. The van der Waals surface area contributed by atoms with Gasteiger partial charge in [-0.15, -0.1) is 5.54 Å². The molecule has 0 spiro atoms. The van der Waals surface area contributed by atoms with Gasteiger partial charge < -0.3 is 15.2 Å². The van der Waals surface area contributed by atoms with Crippen molar-refractivity contribution in [2.24, 2.45) is 5.73 Å². The summed E-state index contributed by atoms with van der Waals surface area (Å²) in [6, 6.07) is 9.58. The molecule has 0 fully saturated rings. The van der Waals surface area contributed by atoms with Gasteiger partial charge in [0.25, 0.3) is 0 Å². The van der Waals surface area contributed by atoms with E-state index >= 15 is 0 Å². The molecule has 0 bridgehead atoms. The normalized spacial score (nSPS) is 16.8. The van der Waals surface area contributed by atoms with E-state index in [1.807, 2.05) is 24.3 Å². The van der Waals surface area contributed by atoms with Crippen LogP contribution in [0.5, 0.6) is 0 Å². The summed E-state index contributed by atoms with van der Waals surface area (Å²) in [4.78, 5) is 12.5. The van der Waals surface area contributed by atoms with E-state index in [2.05, 4.69) is 37.2 Å². The van der Waals surface area contributed by atoms with E-state index in [0.29, 0.717) is 11.3 Å². The minimum atomic E-state index is -1.47. The van der Waals surface area contributed by atoms with Crippen LogP contribution < -0.4 is 5.73 Å². The van der Waals surface area contributed by atoms with Crippen molar-refractivity contribution in [3.8, 4) is 17.5 Å². The molecule has 1 aromatic rings. The van der Waals surface area contributed by atoms with Crippen LogP contribution in [0.4, 0.5) is 0 Å². The minimum absolute atomic E-state index is 0.00986. The molecule has 1 aliphatic heterocycles. The summed E-state index contributed by atoms with van der Waals surface area (Å²) in [5.41, 5.74) is 11.4. The highest BCUT2D eigenvalue weighted by Gasteiger charge is 2.36. The van der Waals surface area contributed by atoms with Gasteiger partial charge in [0, 0.05) is 5.56 Å². The van der Waals surface area contributed by atoms with Gasteiger partial charge in [0.05, 0.1) is 18.1 Å². The van der Waals surface area contributed by atoms with Gasteiger partial charge in [-0.3, -0.25) is 0 Å². The molecule has 0 saturated heterocycles. The molecule has 0 radical (unpaired) electrons. The molecule has 6 heteroatoms. The average molecular weight is 381 g/mol. The van der Waals surface area contributed by atoms with Crippen molar-refractivity contribution in [2.75, 3.05) is 6.61 Å². The average Bonchev–Trinajstić information content (AvgIpc) is 2.59. The van der Waals surface area contributed by atoms with Gasteiger partial charge in [-0.1, -0.05) is 37.7 Å². The number of hydrogen-bond donors (Lipinski definition) is 1. The van der Waals surface area contributed by atoms with Crippen molar-refractivity contribution in [2.45, 2.75) is 39.4 Å². The van der Waals surface area contributed by atoms with E-state index < -0.39 is 20.0 Å². The molecule has 1 atom stereocenters. The van der Waals surface area contributed by atoms with Crippen LogP contribution in [0.15, 0.2) is 47.1 Å². The number of carbonyl (C=O) groups excluding carboxylic acids is 1. The standard InChI is InChI=1S/C21H24N2O3Si/c1-6-25-21(24)18-14(2)26-20(23)17(13-22)19(18)16-9-7-15(8-10-16)11-12-27(3,4)5/h7-10,19H,6,23H2,1-5H3. The van der Waals surface area contributed by atoms with Crippen molar-refractivity contribution in [1.82, 2.24) is 0 Å². The molecule has 0 amide bonds. The Morgan fingerprint density at radius 1 is 1.30 bits per heavy atom. The van der Waals surface area contributed by atoms with E-state index in [0.717, 1.165) is 11.1 Å². The van der Waals surface area contributed by atoms with Crippen LogP contribution >= 0.6 is 0 Å². The first-order valence-corrected chi connectivity index (χ1v) is 12.3. The fourth-order valence-electron chi connectivity index (χ4n) is 2.71. The third kappa shape index (κ3) is 4.81. The van der Waals surface area contributed by atoms with Gasteiger partial charge >= 0.3 is 5.97 Å². The summed E-state index contributed by atoms with van der Waals surface area (Å²) in [5, 5.41) is 9.58. The lowest BCUT2D eigenvalue weighted by molar-refractivity contribution is -0.139. The first-order chi connectivity index (χ1) is 12.7. The SMILES string of the molecule is CCOC(=O)C1=C(C)OC(N)=C(C#N)C1c1ccc(C#C[Si](C)(C)C)cc1. The summed E-state index contributed by atoms with van der Waals surface area (Å²) in [6.45, 7) is 10.2.